The lowest BCUT2D eigenvalue weighted by molar-refractivity contribution is -0.130. The Kier molecular flexibility index (Phi) is 4.67. The van der Waals surface area contributed by atoms with Crippen LogP contribution in [0.2, 0.25) is 5.02 Å². The van der Waals surface area contributed by atoms with Crippen LogP contribution in [0.5, 0.6) is 0 Å². The Hall–Kier alpha value is -1.63. The highest BCUT2D eigenvalue weighted by atomic mass is 35.5. The number of rotatable bonds is 3. The molecule has 0 aliphatic carbocycles. The fraction of sp³-hybridized carbons (Fsp3) is 0.333. The van der Waals surface area contributed by atoms with E-state index in [0.717, 1.165) is 57.0 Å². The summed E-state index contributed by atoms with van der Waals surface area (Å²) in [6.45, 7) is 5.15. The zero-order valence-electron chi connectivity index (χ0n) is 13.9. The molecule has 0 radical (unpaired) electrons. The van der Waals surface area contributed by atoms with Crippen LogP contribution in [0.4, 0.5) is 5.13 Å². The molecule has 3 heterocycles. The Bertz CT molecular complexity index is 899. The van der Waals surface area contributed by atoms with E-state index in [1.165, 1.54) is 0 Å². The molecule has 0 N–H and O–H groups in total. The molecule has 0 saturated carbocycles. The molecule has 0 bridgehead atoms. The van der Waals surface area contributed by atoms with E-state index < -0.39 is 0 Å². The molecule has 1 saturated heterocycles. The SMILES string of the molecule is Cc1c(Cl)ccc2sc(N3CCN(C(=O)Cc4cccs4)CC3)nc12. The lowest BCUT2D eigenvalue weighted by Crippen LogP contribution is -2.49. The number of nitrogens with zero attached hydrogens (tertiary/aromatic N) is 3. The summed E-state index contributed by atoms with van der Waals surface area (Å²) >= 11 is 9.54. The Labute approximate surface area is 159 Å². The molecule has 1 aliphatic rings. The number of halogens is 1. The maximum absolute atomic E-state index is 12.4. The molecule has 4 nitrogen and oxygen atoms in total. The van der Waals surface area contributed by atoms with Gasteiger partial charge in [0.05, 0.1) is 16.6 Å². The number of hydrogen-bond acceptors (Lipinski definition) is 5. The van der Waals surface area contributed by atoms with E-state index in [1.54, 1.807) is 22.7 Å². The summed E-state index contributed by atoms with van der Waals surface area (Å²) in [7, 11) is 0. The van der Waals surface area contributed by atoms with Crippen LogP contribution >= 0.6 is 34.3 Å². The fourth-order valence-corrected chi connectivity index (χ4v) is 4.97. The van der Waals surface area contributed by atoms with Crippen molar-refractivity contribution in [1.29, 1.82) is 0 Å². The predicted octanol–water partition coefficient (Wildman–Crippen LogP) is 4.21. The van der Waals surface area contributed by atoms with E-state index >= 15 is 0 Å². The van der Waals surface area contributed by atoms with Crippen molar-refractivity contribution in [3.8, 4) is 0 Å². The van der Waals surface area contributed by atoms with Gasteiger partial charge in [-0.25, -0.2) is 4.98 Å². The van der Waals surface area contributed by atoms with Crippen molar-refractivity contribution in [2.24, 2.45) is 0 Å². The number of aryl methyl sites for hydroxylation is 1. The van der Waals surface area contributed by atoms with Crippen LogP contribution in [-0.2, 0) is 11.2 Å². The number of amides is 1. The summed E-state index contributed by atoms with van der Waals surface area (Å²) in [5.74, 6) is 0.217. The van der Waals surface area contributed by atoms with Crippen molar-refractivity contribution in [3.05, 3.63) is 45.1 Å². The molecular formula is C18H18ClN3OS2. The Morgan fingerprint density at radius 2 is 2.04 bits per heavy atom. The number of carbonyl (C=O) groups excluding carboxylic acids is 1. The molecule has 130 valence electrons. The number of hydrogen-bond donors (Lipinski definition) is 0. The molecule has 0 unspecified atom stereocenters. The van der Waals surface area contributed by atoms with Crippen molar-refractivity contribution in [2.45, 2.75) is 13.3 Å². The Morgan fingerprint density at radius 3 is 2.76 bits per heavy atom. The van der Waals surface area contributed by atoms with E-state index in [0.29, 0.717) is 6.42 Å². The zero-order valence-corrected chi connectivity index (χ0v) is 16.3. The monoisotopic (exact) mass is 391 g/mol. The van der Waals surface area contributed by atoms with E-state index in [2.05, 4.69) is 4.90 Å². The minimum absolute atomic E-state index is 0.217. The number of anilines is 1. The smallest absolute Gasteiger partial charge is 0.227 e. The van der Waals surface area contributed by atoms with Gasteiger partial charge in [-0.1, -0.05) is 29.0 Å². The third kappa shape index (κ3) is 3.38. The topological polar surface area (TPSA) is 36.4 Å². The molecule has 1 fully saturated rings. The van der Waals surface area contributed by atoms with E-state index in [9.17, 15) is 4.79 Å². The Morgan fingerprint density at radius 1 is 1.24 bits per heavy atom. The average Bonchev–Trinajstić information content (AvgIpc) is 3.28. The second-order valence-electron chi connectivity index (χ2n) is 6.14. The summed E-state index contributed by atoms with van der Waals surface area (Å²) in [6.07, 6.45) is 0.510. The molecule has 1 aliphatic heterocycles. The van der Waals surface area contributed by atoms with Gasteiger partial charge in [0.25, 0.3) is 0 Å². The number of fused-ring (bicyclic) bond motifs is 1. The maximum Gasteiger partial charge on any atom is 0.227 e. The van der Waals surface area contributed by atoms with Crippen molar-refractivity contribution in [3.63, 3.8) is 0 Å². The molecule has 0 atom stereocenters. The quantitative estimate of drug-likeness (QED) is 0.671. The molecule has 3 aromatic rings. The summed E-state index contributed by atoms with van der Waals surface area (Å²) < 4.78 is 1.16. The highest BCUT2D eigenvalue weighted by Gasteiger charge is 2.23. The van der Waals surface area contributed by atoms with Gasteiger partial charge < -0.3 is 9.80 Å². The largest absolute Gasteiger partial charge is 0.345 e. The van der Waals surface area contributed by atoms with Crippen LogP contribution in [0.3, 0.4) is 0 Å². The van der Waals surface area contributed by atoms with Crippen LogP contribution in [0.1, 0.15) is 10.4 Å². The minimum atomic E-state index is 0.217. The van der Waals surface area contributed by atoms with Gasteiger partial charge in [0.15, 0.2) is 5.13 Å². The fourth-order valence-electron chi connectivity index (χ4n) is 3.05. The number of aromatic nitrogens is 1. The molecule has 1 amide bonds. The second kappa shape index (κ2) is 6.94. The number of benzene rings is 1. The molecule has 4 rings (SSSR count). The summed E-state index contributed by atoms with van der Waals surface area (Å²) in [5, 5.41) is 3.79. The number of piperazine rings is 1. The second-order valence-corrected chi connectivity index (χ2v) is 8.59. The first-order valence-corrected chi connectivity index (χ1v) is 10.3. The average molecular weight is 392 g/mol. The molecule has 7 heteroatoms. The number of thiazole rings is 1. The highest BCUT2D eigenvalue weighted by Crippen LogP contribution is 2.33. The minimum Gasteiger partial charge on any atom is -0.345 e. The standard InChI is InChI=1S/C18H18ClN3OS2/c1-12-14(19)4-5-15-17(12)20-18(25-15)22-8-6-21(7-9-22)16(23)11-13-3-2-10-24-13/h2-5,10H,6-9,11H2,1H3. The van der Waals surface area contributed by atoms with Crippen LogP contribution in [0.25, 0.3) is 10.2 Å². The Balaban J connectivity index is 1.43. The number of thiophene rings is 1. The van der Waals surface area contributed by atoms with Gasteiger partial charge in [0, 0.05) is 36.1 Å². The van der Waals surface area contributed by atoms with Crippen LogP contribution in [0, 0.1) is 6.92 Å². The van der Waals surface area contributed by atoms with Crippen LogP contribution < -0.4 is 4.90 Å². The zero-order chi connectivity index (χ0) is 17.4. The van der Waals surface area contributed by atoms with Gasteiger partial charge >= 0.3 is 0 Å². The van der Waals surface area contributed by atoms with Gasteiger partial charge in [-0.3, -0.25) is 4.79 Å². The number of carbonyl (C=O) groups is 1. The first-order chi connectivity index (χ1) is 12.1. The van der Waals surface area contributed by atoms with Crippen molar-refractivity contribution < 1.29 is 4.79 Å². The predicted molar refractivity (Wildman–Crippen MR) is 106 cm³/mol. The highest BCUT2D eigenvalue weighted by molar-refractivity contribution is 7.22. The first-order valence-electron chi connectivity index (χ1n) is 8.22. The van der Waals surface area contributed by atoms with Gasteiger partial charge in [-0.2, -0.15) is 0 Å². The third-order valence-electron chi connectivity index (χ3n) is 4.55. The molecule has 0 spiro atoms. The third-order valence-corrected chi connectivity index (χ3v) is 6.91. The van der Waals surface area contributed by atoms with E-state index in [4.69, 9.17) is 16.6 Å². The normalized spacial score (nSPS) is 15.1. The van der Waals surface area contributed by atoms with Gasteiger partial charge in [-0.15, -0.1) is 11.3 Å². The first kappa shape index (κ1) is 16.8. The van der Waals surface area contributed by atoms with Crippen LogP contribution in [0.15, 0.2) is 29.6 Å². The summed E-state index contributed by atoms with van der Waals surface area (Å²) in [5.41, 5.74) is 2.02. The van der Waals surface area contributed by atoms with Gasteiger partial charge in [0.2, 0.25) is 5.91 Å². The summed E-state index contributed by atoms with van der Waals surface area (Å²) in [6, 6.07) is 7.98. The van der Waals surface area contributed by atoms with E-state index in [-0.39, 0.29) is 5.91 Å². The van der Waals surface area contributed by atoms with Gasteiger partial charge in [-0.05, 0) is 36.1 Å². The maximum atomic E-state index is 12.4. The van der Waals surface area contributed by atoms with Gasteiger partial charge in [0.1, 0.15) is 0 Å². The molecular weight excluding hydrogens is 374 g/mol. The van der Waals surface area contributed by atoms with Crippen molar-refractivity contribution in [2.75, 3.05) is 31.1 Å². The van der Waals surface area contributed by atoms with Crippen LogP contribution in [-0.4, -0.2) is 42.0 Å². The van der Waals surface area contributed by atoms with E-state index in [1.807, 2.05) is 41.5 Å². The lowest BCUT2D eigenvalue weighted by Gasteiger charge is -2.34. The van der Waals surface area contributed by atoms with Crippen molar-refractivity contribution in [1.82, 2.24) is 9.88 Å². The molecule has 1 aromatic carbocycles. The summed E-state index contributed by atoms with van der Waals surface area (Å²) in [4.78, 5) is 22.6. The lowest BCUT2D eigenvalue weighted by atomic mass is 10.2. The molecule has 25 heavy (non-hydrogen) atoms. The van der Waals surface area contributed by atoms with Crippen molar-refractivity contribution >= 4 is 55.5 Å². The molecule has 2 aromatic heterocycles.